The summed E-state index contributed by atoms with van der Waals surface area (Å²) in [5, 5.41) is 0. The van der Waals surface area contributed by atoms with Crippen LogP contribution in [0.2, 0.25) is 0 Å². The normalized spacial score (nSPS) is 30.9. The number of hydrogen-bond donors (Lipinski definition) is 0. The van der Waals surface area contributed by atoms with E-state index in [0.29, 0.717) is 0 Å². The standard InChI is InChI=1S/C14H25NO/c1-9-10-14(8,13(5,6)7)16-11(15-10)12(2,3)4/h9-10H,1H2,2-8H3. The van der Waals surface area contributed by atoms with Crippen LogP contribution in [0.25, 0.3) is 0 Å². The average molecular weight is 223 g/mol. The van der Waals surface area contributed by atoms with E-state index in [9.17, 15) is 0 Å². The molecule has 1 aliphatic heterocycles. The molecule has 0 spiro atoms. The minimum Gasteiger partial charge on any atom is -0.471 e. The molecule has 92 valence electrons. The highest BCUT2D eigenvalue weighted by atomic mass is 16.5. The summed E-state index contributed by atoms with van der Waals surface area (Å²) in [4.78, 5) is 4.67. The van der Waals surface area contributed by atoms with E-state index in [0.717, 1.165) is 5.90 Å². The van der Waals surface area contributed by atoms with Crippen molar-refractivity contribution in [2.45, 2.75) is 60.1 Å². The second-order valence-corrected chi connectivity index (χ2v) is 6.82. The summed E-state index contributed by atoms with van der Waals surface area (Å²) in [7, 11) is 0. The summed E-state index contributed by atoms with van der Waals surface area (Å²) in [6, 6.07) is 0.0433. The Labute approximate surface area is 99.8 Å². The van der Waals surface area contributed by atoms with Crippen LogP contribution in [0.3, 0.4) is 0 Å². The zero-order chi connectivity index (χ0) is 12.8. The lowest BCUT2D eigenvalue weighted by Gasteiger charge is -2.41. The van der Waals surface area contributed by atoms with E-state index in [-0.39, 0.29) is 22.5 Å². The summed E-state index contributed by atoms with van der Waals surface area (Å²) in [6.07, 6.45) is 1.89. The smallest absolute Gasteiger partial charge is 0.190 e. The molecule has 0 saturated heterocycles. The summed E-state index contributed by atoms with van der Waals surface area (Å²) >= 11 is 0. The Bertz CT molecular complexity index is 317. The van der Waals surface area contributed by atoms with Gasteiger partial charge < -0.3 is 4.74 Å². The highest BCUT2D eigenvalue weighted by Crippen LogP contribution is 2.44. The van der Waals surface area contributed by atoms with Crippen LogP contribution in [0.4, 0.5) is 0 Å². The molecule has 2 unspecified atom stereocenters. The van der Waals surface area contributed by atoms with E-state index in [2.05, 4.69) is 60.0 Å². The van der Waals surface area contributed by atoms with Gasteiger partial charge in [0.1, 0.15) is 11.6 Å². The Morgan fingerprint density at radius 3 is 2.00 bits per heavy atom. The van der Waals surface area contributed by atoms with Crippen molar-refractivity contribution in [3.05, 3.63) is 12.7 Å². The van der Waals surface area contributed by atoms with Gasteiger partial charge in [-0.2, -0.15) is 0 Å². The third-order valence-electron chi connectivity index (χ3n) is 3.48. The van der Waals surface area contributed by atoms with Crippen molar-refractivity contribution in [2.75, 3.05) is 0 Å². The fraction of sp³-hybridized carbons (Fsp3) is 0.786. The summed E-state index contributed by atoms with van der Waals surface area (Å²) in [6.45, 7) is 18.9. The second kappa shape index (κ2) is 3.61. The topological polar surface area (TPSA) is 21.6 Å². The van der Waals surface area contributed by atoms with Gasteiger partial charge in [0.05, 0.1) is 0 Å². The first-order valence-corrected chi connectivity index (χ1v) is 5.92. The first-order chi connectivity index (χ1) is 7.02. The highest BCUT2D eigenvalue weighted by molar-refractivity contribution is 5.84. The van der Waals surface area contributed by atoms with Gasteiger partial charge in [0.25, 0.3) is 0 Å². The molecule has 0 aliphatic carbocycles. The molecule has 16 heavy (non-hydrogen) atoms. The molecule has 0 saturated carbocycles. The maximum Gasteiger partial charge on any atom is 0.190 e. The number of nitrogens with zero attached hydrogens (tertiary/aromatic N) is 1. The molecule has 0 amide bonds. The minimum absolute atomic E-state index is 0.0301. The van der Waals surface area contributed by atoms with Crippen molar-refractivity contribution < 1.29 is 4.74 Å². The Morgan fingerprint density at radius 2 is 1.75 bits per heavy atom. The second-order valence-electron chi connectivity index (χ2n) is 6.82. The van der Waals surface area contributed by atoms with Crippen molar-refractivity contribution in [3.8, 4) is 0 Å². The van der Waals surface area contributed by atoms with E-state index < -0.39 is 0 Å². The van der Waals surface area contributed by atoms with E-state index >= 15 is 0 Å². The van der Waals surface area contributed by atoms with Crippen LogP contribution in [0, 0.1) is 10.8 Å². The number of ether oxygens (including phenoxy) is 1. The first kappa shape index (κ1) is 13.3. The third-order valence-corrected chi connectivity index (χ3v) is 3.48. The number of hydrogen-bond acceptors (Lipinski definition) is 2. The molecule has 0 aromatic carbocycles. The first-order valence-electron chi connectivity index (χ1n) is 5.92. The lowest BCUT2D eigenvalue weighted by atomic mass is 9.73. The molecule has 1 aliphatic rings. The van der Waals surface area contributed by atoms with Gasteiger partial charge >= 0.3 is 0 Å². The van der Waals surface area contributed by atoms with Gasteiger partial charge in [-0.1, -0.05) is 47.6 Å². The van der Waals surface area contributed by atoms with Crippen LogP contribution < -0.4 is 0 Å². The Kier molecular flexibility index (Phi) is 3.00. The molecular formula is C14H25NO. The Morgan fingerprint density at radius 1 is 1.25 bits per heavy atom. The molecular weight excluding hydrogens is 198 g/mol. The van der Waals surface area contributed by atoms with Crippen LogP contribution in [-0.4, -0.2) is 17.5 Å². The van der Waals surface area contributed by atoms with E-state index in [1.807, 2.05) is 6.08 Å². The van der Waals surface area contributed by atoms with Gasteiger partial charge in [-0.3, -0.25) is 0 Å². The van der Waals surface area contributed by atoms with Gasteiger partial charge in [-0.05, 0) is 6.92 Å². The summed E-state index contributed by atoms with van der Waals surface area (Å²) < 4.78 is 6.16. The third kappa shape index (κ3) is 2.02. The van der Waals surface area contributed by atoms with Crippen molar-refractivity contribution >= 4 is 5.90 Å². The van der Waals surface area contributed by atoms with Crippen molar-refractivity contribution in [1.29, 1.82) is 0 Å². The molecule has 2 nitrogen and oxygen atoms in total. The van der Waals surface area contributed by atoms with Crippen LogP contribution in [-0.2, 0) is 4.74 Å². The number of rotatable bonds is 1. The summed E-state index contributed by atoms with van der Waals surface area (Å²) in [5.41, 5.74) is -0.302. The lowest BCUT2D eigenvalue weighted by Crippen LogP contribution is -2.48. The zero-order valence-electron chi connectivity index (χ0n) is 11.7. The van der Waals surface area contributed by atoms with Gasteiger partial charge in [0.15, 0.2) is 5.90 Å². The van der Waals surface area contributed by atoms with Gasteiger partial charge in [-0.15, -0.1) is 6.58 Å². The largest absolute Gasteiger partial charge is 0.471 e. The fourth-order valence-corrected chi connectivity index (χ4v) is 1.76. The fourth-order valence-electron chi connectivity index (χ4n) is 1.76. The van der Waals surface area contributed by atoms with E-state index in [1.165, 1.54) is 0 Å². The van der Waals surface area contributed by atoms with Gasteiger partial charge in [0, 0.05) is 10.8 Å². The molecule has 0 bridgehead atoms. The number of aliphatic imine (C=N–C) groups is 1. The Hall–Kier alpha value is -0.790. The van der Waals surface area contributed by atoms with Crippen molar-refractivity contribution in [2.24, 2.45) is 15.8 Å². The zero-order valence-corrected chi connectivity index (χ0v) is 11.7. The molecule has 1 rings (SSSR count). The summed E-state index contributed by atoms with van der Waals surface area (Å²) in [5.74, 6) is 0.842. The molecule has 2 atom stereocenters. The molecule has 0 radical (unpaired) electrons. The molecule has 0 aromatic heterocycles. The van der Waals surface area contributed by atoms with Crippen LogP contribution in [0.5, 0.6) is 0 Å². The average Bonchev–Trinajstić information content (AvgIpc) is 2.42. The maximum atomic E-state index is 6.16. The molecule has 0 fully saturated rings. The van der Waals surface area contributed by atoms with Gasteiger partial charge in [0.2, 0.25) is 0 Å². The monoisotopic (exact) mass is 223 g/mol. The Balaban J connectivity index is 3.10. The molecule has 0 N–H and O–H groups in total. The van der Waals surface area contributed by atoms with Crippen LogP contribution in [0.15, 0.2) is 17.6 Å². The lowest BCUT2D eigenvalue weighted by molar-refractivity contribution is -0.0240. The van der Waals surface area contributed by atoms with E-state index in [1.54, 1.807) is 0 Å². The van der Waals surface area contributed by atoms with Crippen molar-refractivity contribution in [3.63, 3.8) is 0 Å². The van der Waals surface area contributed by atoms with E-state index in [4.69, 9.17) is 4.74 Å². The van der Waals surface area contributed by atoms with Crippen LogP contribution in [0.1, 0.15) is 48.5 Å². The molecule has 2 heteroatoms. The van der Waals surface area contributed by atoms with Gasteiger partial charge in [-0.25, -0.2) is 4.99 Å². The molecule has 1 heterocycles. The quantitative estimate of drug-likeness (QED) is 0.619. The minimum atomic E-state index is -0.294. The SMILES string of the molecule is C=CC1N=C(C(C)(C)C)OC1(C)C(C)(C)C. The molecule has 0 aromatic rings. The maximum absolute atomic E-state index is 6.16. The predicted octanol–water partition coefficient (Wildman–Crippen LogP) is 3.82. The van der Waals surface area contributed by atoms with Crippen molar-refractivity contribution in [1.82, 2.24) is 0 Å². The highest BCUT2D eigenvalue weighted by Gasteiger charge is 2.51. The van der Waals surface area contributed by atoms with Crippen LogP contribution >= 0.6 is 0 Å². The predicted molar refractivity (Wildman–Crippen MR) is 69.8 cm³/mol.